The molecule has 0 aromatic heterocycles. The first-order valence-electron chi connectivity index (χ1n) is 6.75. The summed E-state index contributed by atoms with van der Waals surface area (Å²) in [6.45, 7) is 4.08. The third-order valence-electron chi connectivity index (χ3n) is 2.78. The maximum absolute atomic E-state index is 4.58. The van der Waals surface area contributed by atoms with E-state index in [0.717, 1.165) is 24.1 Å². The van der Waals surface area contributed by atoms with Gasteiger partial charge in [0.2, 0.25) is 0 Å². The molecular formula is C17H21Au2PS2-. The standard InChI is InChI=1S/C14H14P.C3H8S2.2Au/c1-2-15(13-9-5-3-6-10-13)14-11-7-4-8-12-14;4-2-1-3-5;;/h3-12H,1-2H2;4-5H,1-3H2;;/q-1;;;+1/p-1. The summed E-state index contributed by atoms with van der Waals surface area (Å²) in [5.41, 5.74) is 0. The Morgan fingerprint density at radius 1 is 0.773 bits per heavy atom. The van der Waals surface area contributed by atoms with Crippen LogP contribution < -0.4 is 10.6 Å². The van der Waals surface area contributed by atoms with Crippen LogP contribution in [0.5, 0.6) is 0 Å². The van der Waals surface area contributed by atoms with Crippen molar-refractivity contribution in [2.24, 2.45) is 0 Å². The van der Waals surface area contributed by atoms with Crippen molar-refractivity contribution in [1.82, 2.24) is 0 Å². The first-order valence-corrected chi connectivity index (χ1v) is 9.61. The second-order valence-electron chi connectivity index (χ2n) is 4.22. The molecule has 22 heavy (non-hydrogen) atoms. The van der Waals surface area contributed by atoms with E-state index >= 15 is 0 Å². The third kappa shape index (κ3) is 10.0. The summed E-state index contributed by atoms with van der Waals surface area (Å²) in [5.74, 6) is 1.65. The van der Waals surface area contributed by atoms with Gasteiger partial charge < -0.3 is 32.2 Å². The van der Waals surface area contributed by atoms with Gasteiger partial charge in [0, 0.05) is 30.3 Å². The second kappa shape index (κ2) is 16.9. The molecule has 2 aromatic rings. The van der Waals surface area contributed by atoms with E-state index in [1.165, 1.54) is 10.6 Å². The van der Waals surface area contributed by atoms with Crippen LogP contribution in [0.25, 0.3) is 0 Å². The van der Waals surface area contributed by atoms with Crippen molar-refractivity contribution < 1.29 is 44.8 Å². The molecule has 0 saturated carbocycles. The number of rotatable bonds is 5. The van der Waals surface area contributed by atoms with E-state index < -0.39 is 7.92 Å². The molecule has 0 unspecified atom stereocenters. The van der Waals surface area contributed by atoms with E-state index in [0.29, 0.717) is 0 Å². The maximum atomic E-state index is 4.58. The van der Waals surface area contributed by atoms with Gasteiger partial charge in [0.25, 0.3) is 0 Å². The summed E-state index contributed by atoms with van der Waals surface area (Å²) in [6.07, 6.45) is 2.02. The van der Waals surface area contributed by atoms with Gasteiger partial charge in [-0.3, -0.25) is 0 Å². The zero-order valence-corrected chi connectivity index (χ0v) is 19.2. The van der Waals surface area contributed by atoms with E-state index in [4.69, 9.17) is 0 Å². The maximum Gasteiger partial charge on any atom is 1.00 e. The fourth-order valence-electron chi connectivity index (χ4n) is 1.79. The molecule has 1 radical (unpaired) electrons. The van der Waals surface area contributed by atoms with Crippen molar-refractivity contribution >= 4 is 43.8 Å². The Hall–Kier alpha value is 1.05. The summed E-state index contributed by atoms with van der Waals surface area (Å²) < 4.78 is 0. The first kappa shape index (κ1) is 25.3. The summed E-state index contributed by atoms with van der Waals surface area (Å²) >= 11 is 9.17. The van der Waals surface area contributed by atoms with Gasteiger partial charge in [-0.25, -0.2) is 0 Å². The largest absolute Gasteiger partial charge is 1.00 e. The average Bonchev–Trinajstić information content (AvgIpc) is 2.52. The monoisotopic (exact) mass is 714 g/mol. The normalized spacial score (nSPS) is 9.09. The third-order valence-corrected chi connectivity index (χ3v) is 5.92. The number of hydrogen-bond acceptors (Lipinski definition) is 2. The minimum Gasteiger partial charge on any atom is -0.793 e. The van der Waals surface area contributed by atoms with Crippen LogP contribution >= 0.6 is 7.92 Å². The molecular weight excluding hydrogens is 693 g/mol. The minimum atomic E-state index is -0.650. The van der Waals surface area contributed by atoms with Crippen LogP contribution in [0.2, 0.25) is 0 Å². The molecule has 0 spiro atoms. The zero-order valence-electron chi connectivity index (χ0n) is 12.2. The molecule has 0 aliphatic carbocycles. The van der Waals surface area contributed by atoms with Gasteiger partial charge in [0.05, 0.1) is 10.6 Å². The molecule has 0 aliphatic rings. The Kier molecular flexibility index (Phi) is 19.4. The van der Waals surface area contributed by atoms with Crippen LogP contribution in [0.15, 0.2) is 60.7 Å². The van der Waals surface area contributed by atoms with Gasteiger partial charge in [-0.05, 0) is 24.3 Å². The molecule has 0 bridgehead atoms. The van der Waals surface area contributed by atoms with Crippen molar-refractivity contribution in [1.29, 1.82) is 0 Å². The minimum absolute atomic E-state index is 0. The topological polar surface area (TPSA) is 0 Å². The van der Waals surface area contributed by atoms with Crippen molar-refractivity contribution in [2.75, 3.05) is 17.7 Å². The average molecular weight is 714 g/mol. The first-order chi connectivity index (χ1) is 9.83. The fraction of sp³-hybridized carbons (Fsp3) is 0.235. The van der Waals surface area contributed by atoms with Gasteiger partial charge in [-0.1, -0.05) is 49.0 Å². The van der Waals surface area contributed by atoms with Crippen LogP contribution in [0.3, 0.4) is 0 Å². The molecule has 0 nitrogen and oxygen atoms in total. The number of hydrogen-bond donors (Lipinski definition) is 0. The molecule has 0 heterocycles. The summed E-state index contributed by atoms with van der Waals surface area (Å²) in [4.78, 5) is 0. The van der Waals surface area contributed by atoms with Crippen LogP contribution in [0.4, 0.5) is 0 Å². The Bertz CT molecular complexity index is 413. The van der Waals surface area contributed by atoms with E-state index in [1.807, 2.05) is 0 Å². The van der Waals surface area contributed by atoms with Crippen molar-refractivity contribution in [2.45, 2.75) is 6.42 Å². The van der Waals surface area contributed by atoms with Crippen molar-refractivity contribution in [3.05, 3.63) is 67.6 Å². The van der Waals surface area contributed by atoms with E-state index in [-0.39, 0.29) is 44.8 Å². The molecule has 0 saturated heterocycles. The smallest absolute Gasteiger partial charge is 0.793 e. The second-order valence-corrected chi connectivity index (χ2v) is 7.65. The summed E-state index contributed by atoms with van der Waals surface area (Å²) in [6, 6.07) is 21.4. The fourth-order valence-corrected chi connectivity index (χ4v) is 4.36. The van der Waals surface area contributed by atoms with Crippen LogP contribution in [0.1, 0.15) is 6.42 Å². The van der Waals surface area contributed by atoms with E-state index in [2.05, 4.69) is 92.8 Å². The van der Waals surface area contributed by atoms with Crippen molar-refractivity contribution in [3.8, 4) is 0 Å². The molecule has 2 rings (SSSR count). The molecule has 129 valence electrons. The number of benzene rings is 2. The van der Waals surface area contributed by atoms with Gasteiger partial charge >= 0.3 is 22.4 Å². The van der Waals surface area contributed by atoms with E-state index in [1.54, 1.807) is 0 Å². The summed E-state index contributed by atoms with van der Waals surface area (Å²) in [5, 5.41) is 2.90. The van der Waals surface area contributed by atoms with Gasteiger partial charge in [0.1, 0.15) is 0 Å². The molecule has 2 aromatic carbocycles. The quantitative estimate of drug-likeness (QED) is 0.202. The van der Waals surface area contributed by atoms with Gasteiger partial charge in [-0.15, -0.1) is 0 Å². The molecule has 0 atom stereocenters. The molecule has 0 N–H and O–H groups in total. The predicted molar refractivity (Wildman–Crippen MR) is 99.8 cm³/mol. The van der Waals surface area contributed by atoms with Crippen molar-refractivity contribution in [3.63, 3.8) is 0 Å². The van der Waals surface area contributed by atoms with Gasteiger partial charge in [0.15, 0.2) is 0 Å². The summed E-state index contributed by atoms with van der Waals surface area (Å²) in [7, 11) is -0.650. The van der Waals surface area contributed by atoms with E-state index in [9.17, 15) is 0 Å². The predicted octanol–water partition coefficient (Wildman–Crippen LogP) is 3.15. The zero-order chi connectivity index (χ0) is 14.6. The molecule has 5 heteroatoms. The Balaban J connectivity index is 0. The molecule has 0 amide bonds. The molecule has 0 aliphatic heterocycles. The van der Waals surface area contributed by atoms with Crippen LogP contribution in [-0.2, 0) is 70.0 Å². The molecule has 0 fully saturated rings. The van der Waals surface area contributed by atoms with Crippen LogP contribution in [0, 0.1) is 6.92 Å². The SMILES string of the molecule is [Au+].[Au].[CH2-]C[PH+](c1ccccc1)c1ccccc1.[S-]CCC[S-]. The van der Waals surface area contributed by atoms with Gasteiger partial charge in [-0.2, -0.15) is 11.5 Å². The Morgan fingerprint density at radius 2 is 1.14 bits per heavy atom. The Labute approximate surface area is 178 Å². The Morgan fingerprint density at radius 3 is 1.36 bits per heavy atom. The van der Waals surface area contributed by atoms with Crippen LogP contribution in [-0.4, -0.2) is 17.7 Å².